The molecule has 4 nitrogen and oxygen atoms in total. The van der Waals surface area contributed by atoms with Crippen molar-refractivity contribution in [1.82, 2.24) is 5.32 Å². The van der Waals surface area contributed by atoms with Gasteiger partial charge in [0, 0.05) is 39.0 Å². The van der Waals surface area contributed by atoms with Gasteiger partial charge in [0.05, 0.1) is 6.10 Å². The fourth-order valence-corrected chi connectivity index (χ4v) is 2.26. The van der Waals surface area contributed by atoms with Crippen molar-refractivity contribution in [2.75, 3.05) is 32.6 Å². The summed E-state index contributed by atoms with van der Waals surface area (Å²) in [5.74, 6) is -0.512. The average molecular weight is 316 g/mol. The Morgan fingerprint density at radius 3 is 2.61 bits per heavy atom. The van der Waals surface area contributed by atoms with Gasteiger partial charge >= 0.3 is 0 Å². The minimum Gasteiger partial charge on any atom is -0.378 e. The number of hydrogen-bond acceptors (Lipinski definition) is 3. The fourth-order valence-electron chi connectivity index (χ4n) is 2.26. The van der Waals surface area contributed by atoms with E-state index in [1.165, 1.54) is 19.2 Å². The molecule has 2 aromatic carbocycles. The van der Waals surface area contributed by atoms with Crippen LogP contribution >= 0.6 is 0 Å². The molecule has 5 heteroatoms. The van der Waals surface area contributed by atoms with Crippen LogP contribution in [0, 0.1) is 5.82 Å². The van der Waals surface area contributed by atoms with Gasteiger partial charge in [-0.2, -0.15) is 0 Å². The van der Waals surface area contributed by atoms with E-state index in [1.807, 2.05) is 37.2 Å². The van der Waals surface area contributed by atoms with Crippen molar-refractivity contribution in [2.24, 2.45) is 0 Å². The van der Waals surface area contributed by atoms with E-state index in [0.717, 1.165) is 5.69 Å². The van der Waals surface area contributed by atoms with E-state index < -0.39 is 6.10 Å². The molecule has 0 fully saturated rings. The van der Waals surface area contributed by atoms with E-state index >= 15 is 0 Å². The minimum absolute atomic E-state index is 0.188. The Labute approximate surface area is 135 Å². The van der Waals surface area contributed by atoms with Gasteiger partial charge in [0.15, 0.2) is 0 Å². The van der Waals surface area contributed by atoms with E-state index in [0.29, 0.717) is 11.1 Å². The zero-order chi connectivity index (χ0) is 16.8. The predicted octanol–water partition coefficient (Wildman–Crippen LogP) is 3.01. The monoisotopic (exact) mass is 316 g/mol. The van der Waals surface area contributed by atoms with Gasteiger partial charge in [0.1, 0.15) is 5.82 Å². The number of carbonyl (C=O) groups is 1. The highest BCUT2D eigenvalue weighted by atomic mass is 19.1. The van der Waals surface area contributed by atoms with Gasteiger partial charge in [-0.3, -0.25) is 4.79 Å². The Kier molecular flexibility index (Phi) is 5.71. The van der Waals surface area contributed by atoms with Crippen molar-refractivity contribution in [3.05, 3.63) is 65.5 Å². The zero-order valence-electron chi connectivity index (χ0n) is 13.5. The van der Waals surface area contributed by atoms with Gasteiger partial charge in [-0.1, -0.05) is 18.2 Å². The van der Waals surface area contributed by atoms with Crippen molar-refractivity contribution in [3.63, 3.8) is 0 Å². The molecule has 1 amide bonds. The van der Waals surface area contributed by atoms with E-state index in [1.54, 1.807) is 18.2 Å². The summed E-state index contributed by atoms with van der Waals surface area (Å²) in [4.78, 5) is 14.2. The number of ether oxygens (including phenoxy) is 1. The van der Waals surface area contributed by atoms with E-state index in [9.17, 15) is 9.18 Å². The van der Waals surface area contributed by atoms with Crippen LogP contribution in [-0.2, 0) is 4.74 Å². The summed E-state index contributed by atoms with van der Waals surface area (Å²) in [6.07, 6.45) is -0.397. The van der Waals surface area contributed by atoms with Gasteiger partial charge in [-0.15, -0.1) is 0 Å². The van der Waals surface area contributed by atoms with Crippen LogP contribution in [0.3, 0.4) is 0 Å². The SMILES string of the molecule is COC(CNC(=O)c1cccc(N(C)C)c1)c1cccc(F)c1. The minimum atomic E-state index is -0.397. The third kappa shape index (κ3) is 4.53. The maximum absolute atomic E-state index is 13.3. The highest BCUT2D eigenvalue weighted by Gasteiger charge is 2.14. The van der Waals surface area contributed by atoms with Crippen LogP contribution in [-0.4, -0.2) is 33.7 Å². The number of anilines is 1. The first kappa shape index (κ1) is 17.0. The summed E-state index contributed by atoms with van der Waals surface area (Å²) < 4.78 is 18.7. The number of nitrogens with one attached hydrogen (secondary N) is 1. The molecule has 1 N–H and O–H groups in total. The summed E-state index contributed by atoms with van der Waals surface area (Å²) in [7, 11) is 5.37. The van der Waals surface area contributed by atoms with Crippen molar-refractivity contribution in [1.29, 1.82) is 0 Å². The van der Waals surface area contributed by atoms with Crippen LogP contribution in [0.4, 0.5) is 10.1 Å². The highest BCUT2D eigenvalue weighted by Crippen LogP contribution is 2.17. The maximum atomic E-state index is 13.3. The van der Waals surface area contributed by atoms with Gasteiger partial charge in [0.2, 0.25) is 0 Å². The molecular formula is C18H21FN2O2. The number of nitrogens with zero attached hydrogens (tertiary/aromatic N) is 1. The summed E-state index contributed by atoms with van der Waals surface area (Å²) >= 11 is 0. The van der Waals surface area contributed by atoms with Crippen LogP contribution in [0.5, 0.6) is 0 Å². The summed E-state index contributed by atoms with van der Waals surface area (Å²) in [5.41, 5.74) is 2.21. The smallest absolute Gasteiger partial charge is 0.251 e. The second-order valence-electron chi connectivity index (χ2n) is 5.43. The number of methoxy groups -OCH3 is 1. The fraction of sp³-hybridized carbons (Fsp3) is 0.278. The van der Waals surface area contributed by atoms with Crippen LogP contribution in [0.1, 0.15) is 22.0 Å². The summed E-state index contributed by atoms with van der Waals surface area (Å²) in [5, 5.41) is 2.83. The van der Waals surface area contributed by atoms with Crippen molar-refractivity contribution < 1.29 is 13.9 Å². The van der Waals surface area contributed by atoms with Crippen LogP contribution < -0.4 is 10.2 Å². The molecule has 1 atom stereocenters. The molecular weight excluding hydrogens is 295 g/mol. The van der Waals surface area contributed by atoms with Crippen molar-refractivity contribution in [3.8, 4) is 0 Å². The molecule has 0 bridgehead atoms. The summed E-state index contributed by atoms with van der Waals surface area (Å²) in [6.45, 7) is 0.269. The number of hydrogen-bond donors (Lipinski definition) is 1. The molecule has 0 aliphatic carbocycles. The molecule has 0 aromatic heterocycles. The van der Waals surface area contributed by atoms with Crippen molar-refractivity contribution in [2.45, 2.75) is 6.10 Å². The number of carbonyl (C=O) groups excluding carboxylic acids is 1. The Morgan fingerprint density at radius 2 is 1.96 bits per heavy atom. The lowest BCUT2D eigenvalue weighted by molar-refractivity contribution is 0.0827. The Morgan fingerprint density at radius 1 is 1.22 bits per heavy atom. The van der Waals surface area contributed by atoms with E-state index in [2.05, 4.69) is 5.32 Å². The normalized spacial score (nSPS) is 11.8. The van der Waals surface area contributed by atoms with E-state index in [4.69, 9.17) is 4.74 Å². The van der Waals surface area contributed by atoms with Gasteiger partial charge in [-0.05, 0) is 35.9 Å². The first-order valence-electron chi connectivity index (χ1n) is 7.35. The van der Waals surface area contributed by atoms with Crippen molar-refractivity contribution >= 4 is 11.6 Å². The molecule has 23 heavy (non-hydrogen) atoms. The quantitative estimate of drug-likeness (QED) is 0.891. The Balaban J connectivity index is 2.04. The molecule has 0 radical (unpaired) electrons. The van der Waals surface area contributed by atoms with Crippen LogP contribution in [0.25, 0.3) is 0 Å². The molecule has 2 aromatic rings. The number of rotatable bonds is 6. The van der Waals surface area contributed by atoms with Gasteiger partial charge < -0.3 is 15.0 Å². The van der Waals surface area contributed by atoms with E-state index in [-0.39, 0.29) is 18.3 Å². The first-order chi connectivity index (χ1) is 11.0. The lowest BCUT2D eigenvalue weighted by Gasteiger charge is -2.17. The number of halogens is 1. The molecule has 0 aliphatic heterocycles. The standard InChI is InChI=1S/C18H21FN2O2/c1-21(2)16-9-5-7-14(11-16)18(22)20-12-17(23-3)13-6-4-8-15(19)10-13/h4-11,17H,12H2,1-3H3,(H,20,22). The predicted molar refractivity (Wildman–Crippen MR) is 89.3 cm³/mol. The Bertz CT molecular complexity index is 674. The molecule has 0 aliphatic rings. The topological polar surface area (TPSA) is 41.6 Å². The summed E-state index contributed by atoms with van der Waals surface area (Å²) in [6, 6.07) is 13.5. The second-order valence-corrected chi connectivity index (χ2v) is 5.43. The van der Waals surface area contributed by atoms with Gasteiger partial charge in [0.25, 0.3) is 5.91 Å². The molecule has 2 rings (SSSR count). The molecule has 122 valence electrons. The number of amides is 1. The molecule has 0 saturated heterocycles. The molecule has 0 spiro atoms. The first-order valence-corrected chi connectivity index (χ1v) is 7.35. The average Bonchev–Trinajstić information content (AvgIpc) is 2.55. The highest BCUT2D eigenvalue weighted by molar-refractivity contribution is 5.95. The number of benzene rings is 2. The third-order valence-corrected chi connectivity index (χ3v) is 3.58. The zero-order valence-corrected chi connectivity index (χ0v) is 13.5. The van der Waals surface area contributed by atoms with Gasteiger partial charge in [-0.25, -0.2) is 4.39 Å². The third-order valence-electron chi connectivity index (χ3n) is 3.58. The lowest BCUT2D eigenvalue weighted by atomic mass is 10.1. The molecule has 1 unspecified atom stereocenters. The Hall–Kier alpha value is -2.40. The maximum Gasteiger partial charge on any atom is 0.251 e. The largest absolute Gasteiger partial charge is 0.378 e. The lowest BCUT2D eigenvalue weighted by Crippen LogP contribution is -2.29. The molecule has 0 saturated carbocycles. The second kappa shape index (κ2) is 7.74. The van der Waals surface area contributed by atoms with Crippen LogP contribution in [0.2, 0.25) is 0 Å². The van der Waals surface area contributed by atoms with Crippen LogP contribution in [0.15, 0.2) is 48.5 Å². The molecule has 0 heterocycles.